The van der Waals surface area contributed by atoms with E-state index in [-0.39, 0.29) is 0 Å². The molecule has 0 amide bonds. The van der Waals surface area contributed by atoms with Gasteiger partial charge >= 0.3 is 0 Å². The molecular weight excluding hydrogens is 124 g/mol. The first kappa shape index (κ1) is 7.35. The summed E-state index contributed by atoms with van der Waals surface area (Å²) in [6, 6.07) is 4.10. The second kappa shape index (κ2) is 3.42. The van der Waals surface area contributed by atoms with Crippen LogP contribution in [-0.2, 0) is 13.1 Å². The molecule has 0 atom stereocenters. The lowest BCUT2D eigenvalue weighted by molar-refractivity contribution is 0.650. The lowest BCUT2D eigenvalue weighted by Gasteiger charge is -2.03. The molecule has 0 bridgehead atoms. The SMILES string of the molecule is CCCn1cccc1CN. The standard InChI is InChI=1S/C8H14N2/c1-2-5-10-6-3-4-8(10)7-9/h3-4,6H,2,5,7,9H2,1H3. The number of aryl methyl sites for hydroxylation is 1. The minimum atomic E-state index is 0.646. The quantitative estimate of drug-likeness (QED) is 0.671. The highest BCUT2D eigenvalue weighted by molar-refractivity contribution is 5.06. The van der Waals surface area contributed by atoms with Gasteiger partial charge in [0.1, 0.15) is 0 Å². The molecule has 1 rings (SSSR count). The zero-order valence-corrected chi connectivity index (χ0v) is 6.38. The average molecular weight is 138 g/mol. The Labute approximate surface area is 61.7 Å². The third-order valence-corrected chi connectivity index (χ3v) is 1.60. The Balaban J connectivity index is 2.70. The van der Waals surface area contributed by atoms with Crippen LogP contribution >= 0.6 is 0 Å². The van der Waals surface area contributed by atoms with Gasteiger partial charge in [-0.1, -0.05) is 6.92 Å². The van der Waals surface area contributed by atoms with Gasteiger partial charge in [-0.15, -0.1) is 0 Å². The Morgan fingerprint density at radius 3 is 3.00 bits per heavy atom. The van der Waals surface area contributed by atoms with Crippen molar-refractivity contribution in [2.24, 2.45) is 5.73 Å². The molecule has 1 aromatic heterocycles. The Hall–Kier alpha value is -0.760. The van der Waals surface area contributed by atoms with E-state index in [1.807, 2.05) is 6.07 Å². The summed E-state index contributed by atoms with van der Waals surface area (Å²) < 4.78 is 2.19. The van der Waals surface area contributed by atoms with Crippen molar-refractivity contribution in [1.29, 1.82) is 0 Å². The van der Waals surface area contributed by atoms with Gasteiger partial charge in [-0.2, -0.15) is 0 Å². The predicted octanol–water partition coefficient (Wildman–Crippen LogP) is 1.36. The molecule has 1 aromatic rings. The maximum Gasteiger partial charge on any atom is 0.0334 e. The van der Waals surface area contributed by atoms with Gasteiger partial charge < -0.3 is 10.3 Å². The lowest BCUT2D eigenvalue weighted by Crippen LogP contribution is -2.05. The van der Waals surface area contributed by atoms with Crippen LogP contribution in [0.25, 0.3) is 0 Å². The van der Waals surface area contributed by atoms with Gasteiger partial charge in [0.2, 0.25) is 0 Å². The Bertz CT molecular complexity index is 191. The molecule has 0 aliphatic carbocycles. The highest BCUT2D eigenvalue weighted by Gasteiger charge is 1.94. The van der Waals surface area contributed by atoms with Crippen molar-refractivity contribution in [3.05, 3.63) is 24.0 Å². The molecule has 0 saturated heterocycles. The zero-order chi connectivity index (χ0) is 7.40. The number of nitrogens with two attached hydrogens (primary N) is 1. The normalized spacial score (nSPS) is 10.2. The molecule has 0 saturated carbocycles. The fourth-order valence-corrected chi connectivity index (χ4v) is 1.09. The topological polar surface area (TPSA) is 30.9 Å². The van der Waals surface area contributed by atoms with Gasteiger partial charge in [-0.05, 0) is 18.6 Å². The van der Waals surface area contributed by atoms with E-state index in [1.54, 1.807) is 0 Å². The van der Waals surface area contributed by atoms with Crippen LogP contribution in [0.3, 0.4) is 0 Å². The average Bonchev–Trinajstić information content (AvgIpc) is 2.36. The van der Waals surface area contributed by atoms with Crippen LogP contribution in [0.2, 0.25) is 0 Å². The zero-order valence-electron chi connectivity index (χ0n) is 6.38. The van der Waals surface area contributed by atoms with E-state index in [0.717, 1.165) is 6.54 Å². The first-order valence-electron chi connectivity index (χ1n) is 3.72. The summed E-state index contributed by atoms with van der Waals surface area (Å²) in [6.45, 7) is 3.90. The van der Waals surface area contributed by atoms with Gasteiger partial charge in [0.15, 0.2) is 0 Å². The van der Waals surface area contributed by atoms with Crippen LogP contribution in [0.5, 0.6) is 0 Å². The summed E-state index contributed by atoms with van der Waals surface area (Å²) >= 11 is 0. The van der Waals surface area contributed by atoms with E-state index in [2.05, 4.69) is 23.8 Å². The molecule has 1 heterocycles. The molecule has 0 aliphatic heterocycles. The molecule has 0 spiro atoms. The molecule has 2 N–H and O–H groups in total. The fraction of sp³-hybridized carbons (Fsp3) is 0.500. The van der Waals surface area contributed by atoms with Gasteiger partial charge in [-0.3, -0.25) is 0 Å². The first-order chi connectivity index (χ1) is 4.88. The van der Waals surface area contributed by atoms with E-state index in [0.29, 0.717) is 6.54 Å². The number of nitrogens with zero attached hydrogens (tertiary/aromatic N) is 1. The second-order valence-electron chi connectivity index (χ2n) is 2.40. The molecule has 0 fully saturated rings. The van der Waals surface area contributed by atoms with E-state index >= 15 is 0 Å². The van der Waals surface area contributed by atoms with Crippen molar-refractivity contribution in [3.63, 3.8) is 0 Å². The first-order valence-corrected chi connectivity index (χ1v) is 3.72. The summed E-state index contributed by atoms with van der Waals surface area (Å²) in [7, 11) is 0. The molecule has 0 aromatic carbocycles. The third kappa shape index (κ3) is 1.39. The second-order valence-corrected chi connectivity index (χ2v) is 2.40. The highest BCUT2D eigenvalue weighted by atomic mass is 15.0. The van der Waals surface area contributed by atoms with Gasteiger partial charge in [-0.25, -0.2) is 0 Å². The largest absolute Gasteiger partial charge is 0.350 e. The summed E-state index contributed by atoms with van der Waals surface area (Å²) in [6.07, 6.45) is 3.24. The fourth-order valence-electron chi connectivity index (χ4n) is 1.09. The van der Waals surface area contributed by atoms with Crippen molar-refractivity contribution in [2.45, 2.75) is 26.4 Å². The van der Waals surface area contributed by atoms with Crippen LogP contribution in [-0.4, -0.2) is 4.57 Å². The van der Waals surface area contributed by atoms with Crippen LogP contribution in [0, 0.1) is 0 Å². The smallest absolute Gasteiger partial charge is 0.0334 e. The molecule has 56 valence electrons. The number of hydrogen-bond acceptors (Lipinski definition) is 1. The molecule has 0 radical (unpaired) electrons. The molecule has 2 heteroatoms. The van der Waals surface area contributed by atoms with Crippen LogP contribution < -0.4 is 5.73 Å². The number of rotatable bonds is 3. The van der Waals surface area contributed by atoms with Gasteiger partial charge in [0.05, 0.1) is 0 Å². The minimum Gasteiger partial charge on any atom is -0.350 e. The van der Waals surface area contributed by atoms with Crippen LogP contribution in [0.4, 0.5) is 0 Å². The summed E-state index contributed by atoms with van der Waals surface area (Å²) in [4.78, 5) is 0. The summed E-state index contributed by atoms with van der Waals surface area (Å²) in [5.41, 5.74) is 6.73. The van der Waals surface area contributed by atoms with Crippen molar-refractivity contribution in [1.82, 2.24) is 4.57 Å². The summed E-state index contributed by atoms with van der Waals surface area (Å²) in [5, 5.41) is 0. The van der Waals surface area contributed by atoms with E-state index < -0.39 is 0 Å². The van der Waals surface area contributed by atoms with E-state index in [9.17, 15) is 0 Å². The molecular formula is C8H14N2. The number of hydrogen-bond donors (Lipinski definition) is 1. The Morgan fingerprint density at radius 2 is 2.40 bits per heavy atom. The number of aromatic nitrogens is 1. The highest BCUT2D eigenvalue weighted by Crippen LogP contribution is 2.01. The van der Waals surface area contributed by atoms with Crippen molar-refractivity contribution in [2.75, 3.05) is 0 Å². The predicted molar refractivity (Wildman–Crippen MR) is 42.6 cm³/mol. The Kier molecular flexibility index (Phi) is 2.51. The van der Waals surface area contributed by atoms with Crippen molar-refractivity contribution in [3.8, 4) is 0 Å². The maximum absolute atomic E-state index is 5.50. The maximum atomic E-state index is 5.50. The van der Waals surface area contributed by atoms with E-state index in [1.165, 1.54) is 12.1 Å². The Morgan fingerprint density at radius 1 is 1.60 bits per heavy atom. The van der Waals surface area contributed by atoms with Gasteiger partial charge in [0.25, 0.3) is 0 Å². The molecule has 2 nitrogen and oxygen atoms in total. The van der Waals surface area contributed by atoms with Crippen LogP contribution in [0.15, 0.2) is 18.3 Å². The van der Waals surface area contributed by atoms with Crippen molar-refractivity contribution >= 4 is 0 Å². The minimum absolute atomic E-state index is 0.646. The van der Waals surface area contributed by atoms with Crippen LogP contribution in [0.1, 0.15) is 19.0 Å². The molecule has 0 aliphatic rings. The molecule has 0 unspecified atom stereocenters. The van der Waals surface area contributed by atoms with Crippen molar-refractivity contribution < 1.29 is 0 Å². The summed E-state index contributed by atoms with van der Waals surface area (Å²) in [5.74, 6) is 0. The monoisotopic (exact) mass is 138 g/mol. The lowest BCUT2D eigenvalue weighted by atomic mass is 10.4. The third-order valence-electron chi connectivity index (χ3n) is 1.60. The van der Waals surface area contributed by atoms with E-state index in [4.69, 9.17) is 5.73 Å². The molecule has 10 heavy (non-hydrogen) atoms. The van der Waals surface area contributed by atoms with Gasteiger partial charge in [0, 0.05) is 25.0 Å².